The van der Waals surface area contributed by atoms with E-state index >= 15 is 0 Å². The van der Waals surface area contributed by atoms with Crippen molar-refractivity contribution in [1.29, 1.82) is 0 Å². The highest BCUT2D eigenvalue weighted by Crippen LogP contribution is 1.93. The Hall–Kier alpha value is -1.44. The fraction of sp³-hybridized carbons (Fsp3) is 0. The first-order chi connectivity index (χ1) is 4.66. The zero-order chi connectivity index (χ0) is 7.98. The predicted octanol–water partition coefficient (Wildman–Crippen LogP) is 2.24. The van der Waals surface area contributed by atoms with E-state index in [2.05, 4.69) is 13.2 Å². The zero-order valence-corrected chi connectivity index (χ0v) is 5.62. The molecule has 0 aromatic rings. The van der Waals surface area contributed by atoms with Crippen LogP contribution in [0.5, 0.6) is 0 Å². The normalized spacial score (nSPS) is 11.8. The highest BCUT2D eigenvalue weighted by molar-refractivity contribution is 5.20. The molecule has 0 aromatic heterocycles. The first kappa shape index (κ1) is 8.56. The molecule has 0 unspecified atom stereocenters. The first-order valence-corrected chi connectivity index (χ1v) is 2.74. The van der Waals surface area contributed by atoms with Crippen LogP contribution in [-0.2, 0) is 0 Å². The van der Waals surface area contributed by atoms with Crippen LogP contribution in [0.3, 0.4) is 0 Å². The lowest BCUT2D eigenvalue weighted by Gasteiger charge is -1.86. The summed E-state index contributed by atoms with van der Waals surface area (Å²) >= 11 is 0. The van der Waals surface area contributed by atoms with Gasteiger partial charge < -0.3 is 10.2 Å². The van der Waals surface area contributed by atoms with E-state index in [0.717, 1.165) is 0 Å². The van der Waals surface area contributed by atoms with Gasteiger partial charge in [-0.05, 0) is 18.2 Å². The minimum Gasteiger partial charge on any atom is -0.509 e. The lowest BCUT2D eigenvalue weighted by atomic mass is 10.3. The van der Waals surface area contributed by atoms with Crippen molar-refractivity contribution in [3.63, 3.8) is 0 Å². The van der Waals surface area contributed by atoms with Crippen molar-refractivity contribution in [2.24, 2.45) is 0 Å². The molecule has 2 N–H and O–H groups in total. The van der Waals surface area contributed by atoms with Crippen molar-refractivity contribution in [2.45, 2.75) is 0 Å². The molecule has 2 nitrogen and oxygen atoms in total. The Morgan fingerprint density at radius 2 is 1.80 bits per heavy atom. The van der Waals surface area contributed by atoms with E-state index in [-0.39, 0.29) is 11.5 Å². The summed E-state index contributed by atoms with van der Waals surface area (Å²) in [7, 11) is 0. The standard InChI is InChI=1S/C8H10O2/c1-3-4-8(10)6-5-7(2)9/h3-6,9-10H,1-2H2/b6-5-,8-4+. The fourth-order valence-corrected chi connectivity index (χ4v) is 0.358. The van der Waals surface area contributed by atoms with Crippen LogP contribution in [0.1, 0.15) is 0 Å². The summed E-state index contributed by atoms with van der Waals surface area (Å²) in [4.78, 5) is 0. The second-order valence-electron chi connectivity index (χ2n) is 1.65. The van der Waals surface area contributed by atoms with Crippen molar-refractivity contribution < 1.29 is 10.2 Å². The first-order valence-electron chi connectivity index (χ1n) is 2.74. The van der Waals surface area contributed by atoms with Crippen LogP contribution in [0.15, 0.2) is 49.0 Å². The van der Waals surface area contributed by atoms with Crippen LogP contribution >= 0.6 is 0 Å². The molecule has 0 saturated carbocycles. The maximum atomic E-state index is 8.85. The van der Waals surface area contributed by atoms with E-state index in [4.69, 9.17) is 10.2 Å². The molecule has 2 heteroatoms. The molecule has 0 aliphatic rings. The summed E-state index contributed by atoms with van der Waals surface area (Å²) in [5, 5.41) is 17.4. The van der Waals surface area contributed by atoms with Gasteiger partial charge in [-0.15, -0.1) is 0 Å². The van der Waals surface area contributed by atoms with Crippen LogP contribution in [0.4, 0.5) is 0 Å². The molecule has 0 saturated heterocycles. The van der Waals surface area contributed by atoms with Crippen molar-refractivity contribution in [1.82, 2.24) is 0 Å². The maximum Gasteiger partial charge on any atom is 0.115 e. The molecular formula is C8H10O2. The van der Waals surface area contributed by atoms with Gasteiger partial charge in [0.25, 0.3) is 0 Å². The molecule has 0 aromatic carbocycles. The van der Waals surface area contributed by atoms with Gasteiger partial charge >= 0.3 is 0 Å². The lowest BCUT2D eigenvalue weighted by Crippen LogP contribution is -1.73. The van der Waals surface area contributed by atoms with Gasteiger partial charge in [-0.25, -0.2) is 0 Å². The number of hydrogen-bond acceptors (Lipinski definition) is 2. The van der Waals surface area contributed by atoms with E-state index in [0.29, 0.717) is 0 Å². The molecule has 0 fully saturated rings. The second kappa shape index (κ2) is 4.44. The lowest BCUT2D eigenvalue weighted by molar-refractivity contribution is 0.423. The Bertz CT molecular complexity index is 187. The van der Waals surface area contributed by atoms with E-state index < -0.39 is 0 Å². The Kier molecular flexibility index (Phi) is 3.80. The van der Waals surface area contributed by atoms with Gasteiger partial charge in [0.1, 0.15) is 11.5 Å². The molecule has 0 atom stereocenters. The van der Waals surface area contributed by atoms with Crippen molar-refractivity contribution in [3.05, 3.63) is 49.0 Å². The topological polar surface area (TPSA) is 40.5 Å². The van der Waals surface area contributed by atoms with Gasteiger partial charge in [0, 0.05) is 0 Å². The maximum absolute atomic E-state index is 8.85. The van der Waals surface area contributed by atoms with Gasteiger partial charge in [-0.2, -0.15) is 0 Å². The third-order valence-electron chi connectivity index (χ3n) is 0.735. The van der Waals surface area contributed by atoms with Crippen LogP contribution in [0, 0.1) is 0 Å². The average molecular weight is 138 g/mol. The van der Waals surface area contributed by atoms with E-state index in [9.17, 15) is 0 Å². The van der Waals surface area contributed by atoms with Gasteiger partial charge in [-0.1, -0.05) is 19.2 Å². The molecule has 0 aliphatic heterocycles. The van der Waals surface area contributed by atoms with Crippen molar-refractivity contribution in [2.75, 3.05) is 0 Å². The smallest absolute Gasteiger partial charge is 0.115 e. The zero-order valence-electron chi connectivity index (χ0n) is 5.62. The molecular weight excluding hydrogens is 128 g/mol. The molecule has 0 spiro atoms. The number of hydrogen-bond donors (Lipinski definition) is 2. The fourth-order valence-electron chi connectivity index (χ4n) is 0.358. The van der Waals surface area contributed by atoms with Crippen LogP contribution < -0.4 is 0 Å². The second-order valence-corrected chi connectivity index (χ2v) is 1.65. The molecule has 0 amide bonds. The third-order valence-corrected chi connectivity index (χ3v) is 0.735. The van der Waals surface area contributed by atoms with Gasteiger partial charge in [0.2, 0.25) is 0 Å². The summed E-state index contributed by atoms with van der Waals surface area (Å²) in [5.74, 6) is -0.0609. The van der Waals surface area contributed by atoms with E-state index in [1.165, 1.54) is 24.3 Å². The number of aliphatic hydroxyl groups is 2. The van der Waals surface area contributed by atoms with Gasteiger partial charge in [0.05, 0.1) is 0 Å². The van der Waals surface area contributed by atoms with E-state index in [1.54, 1.807) is 0 Å². The summed E-state index contributed by atoms with van der Waals surface area (Å²) in [5.41, 5.74) is 0. The van der Waals surface area contributed by atoms with Gasteiger partial charge in [0.15, 0.2) is 0 Å². The summed E-state index contributed by atoms with van der Waals surface area (Å²) in [6.07, 6.45) is 5.46. The van der Waals surface area contributed by atoms with Gasteiger partial charge in [-0.3, -0.25) is 0 Å². The summed E-state index contributed by atoms with van der Waals surface area (Å²) < 4.78 is 0. The summed E-state index contributed by atoms with van der Waals surface area (Å²) in [6, 6.07) is 0. The summed E-state index contributed by atoms with van der Waals surface area (Å²) in [6.45, 7) is 6.56. The Morgan fingerprint density at radius 1 is 1.20 bits per heavy atom. The van der Waals surface area contributed by atoms with Crippen molar-refractivity contribution >= 4 is 0 Å². The van der Waals surface area contributed by atoms with Crippen LogP contribution in [-0.4, -0.2) is 10.2 Å². The molecule has 0 aliphatic carbocycles. The average Bonchev–Trinajstić information content (AvgIpc) is 1.85. The highest BCUT2D eigenvalue weighted by atomic mass is 16.3. The number of aliphatic hydroxyl groups excluding tert-OH is 2. The minimum absolute atomic E-state index is 0.0326. The molecule has 0 radical (unpaired) electrons. The van der Waals surface area contributed by atoms with Crippen LogP contribution in [0.2, 0.25) is 0 Å². The molecule has 0 heterocycles. The van der Waals surface area contributed by atoms with Crippen LogP contribution in [0.25, 0.3) is 0 Å². The molecule has 10 heavy (non-hydrogen) atoms. The Balaban J connectivity index is 4.01. The largest absolute Gasteiger partial charge is 0.509 e. The molecule has 0 bridgehead atoms. The SMILES string of the molecule is C=C/C=C(O)\C=C/C(=C)O. The number of allylic oxidation sites excluding steroid dienone is 4. The monoisotopic (exact) mass is 138 g/mol. The minimum atomic E-state index is -0.0935. The van der Waals surface area contributed by atoms with Crippen molar-refractivity contribution in [3.8, 4) is 0 Å². The Morgan fingerprint density at radius 3 is 2.20 bits per heavy atom. The molecule has 54 valence electrons. The quantitative estimate of drug-likeness (QED) is 0.463. The predicted molar refractivity (Wildman–Crippen MR) is 41.8 cm³/mol. The third kappa shape index (κ3) is 4.71. The van der Waals surface area contributed by atoms with E-state index in [1.807, 2.05) is 0 Å². The highest BCUT2D eigenvalue weighted by Gasteiger charge is 1.81. The Labute approximate surface area is 60.1 Å². The molecule has 0 rings (SSSR count). The number of rotatable bonds is 3.